The van der Waals surface area contributed by atoms with Crippen LogP contribution in [0.15, 0.2) is 0 Å². The van der Waals surface area contributed by atoms with E-state index in [1.54, 1.807) is 11.4 Å². The molecule has 2 aliphatic rings. The van der Waals surface area contributed by atoms with Crippen LogP contribution in [0.25, 0.3) is 0 Å². The lowest BCUT2D eigenvalue weighted by Crippen LogP contribution is -2.51. The fourth-order valence-corrected chi connectivity index (χ4v) is 4.58. The number of likely N-dealkylation sites (N-methyl/N-ethyl adjacent to an activating group) is 1. The number of nitrogens with zero attached hydrogens (tertiary/aromatic N) is 2. The van der Waals surface area contributed by atoms with Crippen molar-refractivity contribution < 1.29 is 13.2 Å². The van der Waals surface area contributed by atoms with E-state index in [-0.39, 0.29) is 12.1 Å². The first-order valence-electron chi connectivity index (χ1n) is 7.01. The van der Waals surface area contributed by atoms with Gasteiger partial charge < -0.3 is 10.5 Å². The number of ether oxygens (including phenoxy) is 1. The molecule has 0 aliphatic carbocycles. The molecule has 0 radical (unpaired) electrons. The molecule has 0 bridgehead atoms. The first-order valence-corrected chi connectivity index (χ1v) is 8.41. The van der Waals surface area contributed by atoms with Crippen molar-refractivity contribution in [3.63, 3.8) is 0 Å². The lowest BCUT2D eigenvalue weighted by Gasteiger charge is -2.35. The van der Waals surface area contributed by atoms with Crippen molar-refractivity contribution in [2.24, 2.45) is 11.7 Å². The van der Waals surface area contributed by atoms with Crippen LogP contribution in [0.5, 0.6) is 0 Å². The summed E-state index contributed by atoms with van der Waals surface area (Å²) in [6.45, 7) is 4.38. The predicted octanol–water partition coefficient (Wildman–Crippen LogP) is 0.0111. The maximum Gasteiger partial charge on any atom is 0.282 e. The molecule has 2 saturated heterocycles. The summed E-state index contributed by atoms with van der Waals surface area (Å²) in [5.41, 5.74) is 5.64. The number of hydrogen-bond acceptors (Lipinski definition) is 4. The van der Waals surface area contributed by atoms with Crippen LogP contribution in [0.3, 0.4) is 0 Å². The zero-order valence-corrected chi connectivity index (χ0v) is 12.6. The highest BCUT2D eigenvalue weighted by molar-refractivity contribution is 7.86. The van der Waals surface area contributed by atoms with Gasteiger partial charge in [0, 0.05) is 26.7 Å². The van der Waals surface area contributed by atoms with Crippen LogP contribution in [0.4, 0.5) is 0 Å². The summed E-state index contributed by atoms with van der Waals surface area (Å²) in [5.74, 6) is 0.463. The molecule has 2 heterocycles. The molecule has 0 amide bonds. The quantitative estimate of drug-likeness (QED) is 0.792. The van der Waals surface area contributed by atoms with Crippen molar-refractivity contribution in [1.82, 2.24) is 8.61 Å². The molecule has 2 atom stereocenters. The second kappa shape index (κ2) is 6.05. The third-order valence-electron chi connectivity index (χ3n) is 4.40. The van der Waals surface area contributed by atoms with Gasteiger partial charge in [-0.3, -0.25) is 0 Å². The van der Waals surface area contributed by atoms with Crippen molar-refractivity contribution >= 4 is 10.2 Å². The molecule has 0 aromatic rings. The summed E-state index contributed by atoms with van der Waals surface area (Å²) in [6, 6.07) is -0.0442. The van der Waals surface area contributed by atoms with E-state index in [4.69, 9.17) is 10.5 Å². The molecule has 2 fully saturated rings. The highest BCUT2D eigenvalue weighted by Crippen LogP contribution is 2.25. The van der Waals surface area contributed by atoms with Crippen molar-refractivity contribution in [2.75, 3.05) is 33.3 Å². The van der Waals surface area contributed by atoms with Gasteiger partial charge in [-0.2, -0.15) is 17.0 Å². The van der Waals surface area contributed by atoms with Gasteiger partial charge in [-0.25, -0.2) is 0 Å². The molecule has 19 heavy (non-hydrogen) atoms. The number of nitrogens with two attached hydrogens (primary N) is 1. The fourth-order valence-electron chi connectivity index (χ4n) is 2.93. The van der Waals surface area contributed by atoms with Crippen molar-refractivity contribution in [3.8, 4) is 0 Å². The molecule has 0 aromatic heterocycles. The first kappa shape index (κ1) is 15.2. The van der Waals surface area contributed by atoms with Crippen LogP contribution in [-0.4, -0.2) is 62.5 Å². The SMILES string of the molecule is CC1OCCC1N(C)S(=O)(=O)N1CCC(CN)CC1. The average Bonchev–Trinajstić information content (AvgIpc) is 2.84. The molecule has 7 heteroatoms. The fraction of sp³-hybridized carbons (Fsp3) is 1.00. The molecule has 0 aromatic carbocycles. The van der Waals surface area contributed by atoms with Gasteiger partial charge in [-0.1, -0.05) is 0 Å². The Labute approximate surface area is 116 Å². The maximum absolute atomic E-state index is 12.6. The van der Waals surface area contributed by atoms with Gasteiger partial charge in [-0.15, -0.1) is 0 Å². The lowest BCUT2D eigenvalue weighted by molar-refractivity contribution is 0.1000. The Balaban J connectivity index is 2.01. The Hall–Kier alpha value is -0.210. The first-order chi connectivity index (χ1) is 8.96. The van der Waals surface area contributed by atoms with Gasteiger partial charge in [0.15, 0.2) is 0 Å². The van der Waals surface area contributed by atoms with Gasteiger partial charge in [0.1, 0.15) is 0 Å². The zero-order chi connectivity index (χ0) is 14.0. The molecular formula is C12H25N3O3S. The minimum atomic E-state index is -3.36. The van der Waals surface area contributed by atoms with E-state index in [0.717, 1.165) is 19.3 Å². The molecule has 2 N–H and O–H groups in total. The molecular weight excluding hydrogens is 266 g/mol. The second-order valence-electron chi connectivity index (χ2n) is 5.53. The number of piperidine rings is 1. The largest absolute Gasteiger partial charge is 0.377 e. The number of rotatable bonds is 4. The van der Waals surface area contributed by atoms with Crippen LogP contribution in [0.1, 0.15) is 26.2 Å². The van der Waals surface area contributed by atoms with Gasteiger partial charge in [-0.05, 0) is 38.6 Å². The van der Waals surface area contributed by atoms with Crippen molar-refractivity contribution in [3.05, 3.63) is 0 Å². The van der Waals surface area contributed by atoms with Gasteiger partial charge >= 0.3 is 0 Å². The molecule has 0 spiro atoms. The van der Waals surface area contributed by atoms with E-state index < -0.39 is 10.2 Å². The normalized spacial score (nSPS) is 31.2. The standard InChI is InChI=1S/C12H25N3O3S/c1-10-12(5-8-18-10)14(2)19(16,17)15-6-3-11(9-13)4-7-15/h10-12H,3-9,13H2,1-2H3. The van der Waals surface area contributed by atoms with E-state index in [2.05, 4.69) is 0 Å². The van der Waals surface area contributed by atoms with Crippen LogP contribution >= 0.6 is 0 Å². The summed E-state index contributed by atoms with van der Waals surface area (Å²) in [5, 5.41) is 0. The average molecular weight is 291 g/mol. The minimum Gasteiger partial charge on any atom is -0.377 e. The smallest absolute Gasteiger partial charge is 0.282 e. The Morgan fingerprint density at radius 1 is 1.32 bits per heavy atom. The summed E-state index contributed by atoms with van der Waals surface area (Å²) in [4.78, 5) is 0. The monoisotopic (exact) mass is 291 g/mol. The van der Waals surface area contributed by atoms with E-state index in [1.807, 2.05) is 6.92 Å². The molecule has 112 valence electrons. The van der Waals surface area contributed by atoms with Gasteiger partial charge in [0.2, 0.25) is 0 Å². The summed E-state index contributed by atoms with van der Waals surface area (Å²) in [6.07, 6.45) is 2.47. The van der Waals surface area contributed by atoms with E-state index in [1.165, 1.54) is 4.31 Å². The topological polar surface area (TPSA) is 75.9 Å². The van der Waals surface area contributed by atoms with E-state index in [9.17, 15) is 8.42 Å². The maximum atomic E-state index is 12.6. The minimum absolute atomic E-state index is 0.0265. The predicted molar refractivity (Wildman–Crippen MR) is 73.9 cm³/mol. The number of hydrogen-bond donors (Lipinski definition) is 1. The van der Waals surface area contributed by atoms with Crippen LogP contribution < -0.4 is 5.73 Å². The highest BCUT2D eigenvalue weighted by Gasteiger charge is 2.38. The molecule has 2 rings (SSSR count). The van der Waals surface area contributed by atoms with E-state index in [0.29, 0.717) is 32.2 Å². The Bertz CT molecular complexity index is 393. The summed E-state index contributed by atoms with van der Waals surface area (Å²) in [7, 11) is -1.70. The Morgan fingerprint density at radius 3 is 2.42 bits per heavy atom. The zero-order valence-electron chi connectivity index (χ0n) is 11.8. The van der Waals surface area contributed by atoms with Gasteiger partial charge in [0.25, 0.3) is 10.2 Å². The van der Waals surface area contributed by atoms with Crippen molar-refractivity contribution in [1.29, 1.82) is 0 Å². The molecule has 2 aliphatic heterocycles. The van der Waals surface area contributed by atoms with Gasteiger partial charge in [0.05, 0.1) is 12.1 Å². The molecule has 6 nitrogen and oxygen atoms in total. The third-order valence-corrected chi connectivity index (χ3v) is 6.42. The lowest BCUT2D eigenvalue weighted by atomic mass is 9.99. The molecule has 0 saturated carbocycles. The van der Waals surface area contributed by atoms with E-state index >= 15 is 0 Å². The third kappa shape index (κ3) is 3.11. The van der Waals surface area contributed by atoms with Crippen LogP contribution in [-0.2, 0) is 14.9 Å². The summed E-state index contributed by atoms with van der Waals surface area (Å²) >= 11 is 0. The van der Waals surface area contributed by atoms with Crippen LogP contribution in [0, 0.1) is 5.92 Å². The van der Waals surface area contributed by atoms with Crippen LogP contribution in [0.2, 0.25) is 0 Å². The molecule has 2 unspecified atom stereocenters. The summed E-state index contributed by atoms with van der Waals surface area (Å²) < 4.78 is 33.7. The Kier molecular flexibility index (Phi) is 4.84. The highest BCUT2D eigenvalue weighted by atomic mass is 32.2. The Morgan fingerprint density at radius 2 is 1.95 bits per heavy atom. The second-order valence-corrected chi connectivity index (χ2v) is 7.52. The van der Waals surface area contributed by atoms with Crippen molar-refractivity contribution in [2.45, 2.75) is 38.3 Å².